The zero-order valence-electron chi connectivity index (χ0n) is 11.0. The van der Waals surface area contributed by atoms with E-state index in [2.05, 4.69) is 18.3 Å². The molecule has 3 unspecified atom stereocenters. The lowest BCUT2D eigenvalue weighted by Gasteiger charge is -2.54. The molecule has 2 rings (SSSR count). The number of nitrogens with one attached hydrogen (secondary N) is 1. The minimum absolute atomic E-state index is 0.111. The highest BCUT2D eigenvalue weighted by molar-refractivity contribution is 5.10. The molecule has 1 N–H and O–H groups in total. The monoisotopic (exact) mass is 236 g/mol. The molecule has 0 amide bonds. The third-order valence-corrected chi connectivity index (χ3v) is 4.58. The maximum atomic E-state index is 8.82. The van der Waals surface area contributed by atoms with Crippen LogP contribution < -0.4 is 5.32 Å². The molecule has 0 aromatic rings. The van der Waals surface area contributed by atoms with Gasteiger partial charge in [0.2, 0.25) is 0 Å². The van der Waals surface area contributed by atoms with Crippen LogP contribution in [0.15, 0.2) is 0 Å². The van der Waals surface area contributed by atoms with Gasteiger partial charge in [0.1, 0.15) is 0 Å². The van der Waals surface area contributed by atoms with Crippen LogP contribution in [-0.2, 0) is 4.74 Å². The summed E-state index contributed by atoms with van der Waals surface area (Å²) in [6.45, 7) is 5.71. The summed E-state index contributed by atoms with van der Waals surface area (Å²) in [7, 11) is 0. The quantitative estimate of drug-likeness (QED) is 0.797. The zero-order chi connectivity index (χ0) is 12.3. The van der Waals surface area contributed by atoms with Crippen LogP contribution in [0.1, 0.15) is 46.0 Å². The Kier molecular flexibility index (Phi) is 4.06. The summed E-state index contributed by atoms with van der Waals surface area (Å²) >= 11 is 0. The lowest BCUT2D eigenvalue weighted by Crippen LogP contribution is -2.63. The van der Waals surface area contributed by atoms with Gasteiger partial charge in [-0.15, -0.1) is 0 Å². The van der Waals surface area contributed by atoms with Crippen molar-refractivity contribution in [3.8, 4) is 6.07 Å². The molecule has 0 heterocycles. The van der Waals surface area contributed by atoms with Gasteiger partial charge in [0.05, 0.1) is 18.1 Å². The Morgan fingerprint density at radius 1 is 1.47 bits per heavy atom. The number of hydrogen-bond donors (Lipinski definition) is 1. The summed E-state index contributed by atoms with van der Waals surface area (Å²) in [6.07, 6.45) is 6.88. The second kappa shape index (κ2) is 5.37. The average Bonchev–Trinajstić information content (AvgIpc) is 2.84. The van der Waals surface area contributed by atoms with E-state index in [-0.39, 0.29) is 5.92 Å². The van der Waals surface area contributed by atoms with Crippen molar-refractivity contribution in [2.75, 3.05) is 13.2 Å². The molecular formula is C14H24N2O. The first-order valence-corrected chi connectivity index (χ1v) is 6.97. The van der Waals surface area contributed by atoms with E-state index in [9.17, 15) is 0 Å². The van der Waals surface area contributed by atoms with E-state index in [1.54, 1.807) is 0 Å². The first-order valence-electron chi connectivity index (χ1n) is 6.97. The second-order valence-electron chi connectivity index (χ2n) is 5.61. The van der Waals surface area contributed by atoms with Crippen molar-refractivity contribution in [1.82, 2.24) is 5.32 Å². The smallest absolute Gasteiger partial charge is 0.0666 e. The van der Waals surface area contributed by atoms with E-state index in [1.807, 2.05) is 6.92 Å². The van der Waals surface area contributed by atoms with Crippen LogP contribution in [0.5, 0.6) is 0 Å². The first kappa shape index (κ1) is 12.9. The molecule has 3 atom stereocenters. The fourth-order valence-electron chi connectivity index (χ4n) is 3.54. The molecule has 0 bridgehead atoms. The Labute approximate surface area is 105 Å². The highest BCUT2D eigenvalue weighted by Crippen LogP contribution is 2.54. The molecule has 2 aliphatic carbocycles. The Hall–Kier alpha value is -0.590. The van der Waals surface area contributed by atoms with Crippen molar-refractivity contribution in [1.29, 1.82) is 5.26 Å². The van der Waals surface area contributed by atoms with E-state index < -0.39 is 0 Å². The van der Waals surface area contributed by atoms with Crippen molar-refractivity contribution < 1.29 is 4.74 Å². The summed E-state index contributed by atoms with van der Waals surface area (Å²) in [5.41, 5.74) is 0.394. The van der Waals surface area contributed by atoms with E-state index in [0.717, 1.165) is 19.6 Å². The Balaban J connectivity index is 1.89. The Morgan fingerprint density at radius 2 is 2.18 bits per heavy atom. The standard InChI is InChI=1S/C14H24N2O/c1-3-17-13-8-12(16-10-11(2)9-15)14(13)6-4-5-7-14/h11-13,16H,3-8,10H2,1-2H3. The van der Waals surface area contributed by atoms with Crippen molar-refractivity contribution in [3.63, 3.8) is 0 Å². The highest BCUT2D eigenvalue weighted by atomic mass is 16.5. The Morgan fingerprint density at radius 3 is 2.76 bits per heavy atom. The van der Waals surface area contributed by atoms with E-state index in [1.165, 1.54) is 25.7 Å². The van der Waals surface area contributed by atoms with Gasteiger partial charge in [-0.2, -0.15) is 5.26 Å². The van der Waals surface area contributed by atoms with Gasteiger partial charge < -0.3 is 10.1 Å². The molecule has 3 nitrogen and oxygen atoms in total. The van der Waals surface area contributed by atoms with Gasteiger partial charge in [0.15, 0.2) is 0 Å². The third-order valence-electron chi connectivity index (χ3n) is 4.58. The largest absolute Gasteiger partial charge is 0.378 e. The SMILES string of the molecule is CCOC1CC(NCC(C)C#N)C12CCCC2. The van der Waals surface area contributed by atoms with Crippen LogP contribution in [0.2, 0.25) is 0 Å². The van der Waals surface area contributed by atoms with Gasteiger partial charge in [-0.05, 0) is 33.1 Å². The lowest BCUT2D eigenvalue weighted by molar-refractivity contribution is -0.130. The number of nitrogens with zero attached hydrogens (tertiary/aromatic N) is 1. The van der Waals surface area contributed by atoms with Gasteiger partial charge >= 0.3 is 0 Å². The van der Waals surface area contributed by atoms with Crippen LogP contribution in [0.3, 0.4) is 0 Å². The molecule has 1 spiro atoms. The minimum atomic E-state index is 0.111. The van der Waals surface area contributed by atoms with Crippen LogP contribution >= 0.6 is 0 Å². The first-order chi connectivity index (χ1) is 8.23. The number of ether oxygens (including phenoxy) is 1. The third kappa shape index (κ3) is 2.34. The normalized spacial score (nSPS) is 32.1. The zero-order valence-corrected chi connectivity index (χ0v) is 11.0. The Bertz CT molecular complexity index is 291. The summed E-state index contributed by atoms with van der Waals surface area (Å²) < 4.78 is 5.87. The fourth-order valence-corrected chi connectivity index (χ4v) is 3.54. The maximum absolute atomic E-state index is 8.82. The van der Waals surface area contributed by atoms with Gasteiger partial charge in [-0.25, -0.2) is 0 Å². The van der Waals surface area contributed by atoms with Crippen LogP contribution in [0, 0.1) is 22.7 Å². The molecule has 0 aromatic carbocycles. The van der Waals surface area contributed by atoms with Gasteiger partial charge in [-0.1, -0.05) is 12.8 Å². The molecule has 2 fully saturated rings. The predicted octanol–water partition coefficient (Wildman–Crippen LogP) is 2.47. The number of nitriles is 1. The number of rotatable bonds is 5. The summed E-state index contributed by atoms with van der Waals surface area (Å²) in [5, 5.41) is 12.4. The maximum Gasteiger partial charge on any atom is 0.0666 e. The second-order valence-corrected chi connectivity index (χ2v) is 5.61. The van der Waals surface area contributed by atoms with E-state index >= 15 is 0 Å². The van der Waals surface area contributed by atoms with Crippen molar-refractivity contribution in [2.45, 2.75) is 58.1 Å². The van der Waals surface area contributed by atoms with Crippen molar-refractivity contribution >= 4 is 0 Å². The molecule has 17 heavy (non-hydrogen) atoms. The summed E-state index contributed by atoms with van der Waals surface area (Å²) in [6, 6.07) is 2.87. The van der Waals surface area contributed by atoms with Crippen LogP contribution in [0.25, 0.3) is 0 Å². The summed E-state index contributed by atoms with van der Waals surface area (Å²) in [5.74, 6) is 0.111. The van der Waals surface area contributed by atoms with E-state index in [0.29, 0.717) is 17.6 Å². The average molecular weight is 236 g/mol. The van der Waals surface area contributed by atoms with Crippen molar-refractivity contribution in [2.24, 2.45) is 11.3 Å². The predicted molar refractivity (Wildman–Crippen MR) is 67.5 cm³/mol. The van der Waals surface area contributed by atoms with Crippen LogP contribution in [0.4, 0.5) is 0 Å². The molecule has 0 aromatic heterocycles. The van der Waals surface area contributed by atoms with Crippen LogP contribution in [-0.4, -0.2) is 25.3 Å². The number of hydrogen-bond acceptors (Lipinski definition) is 3. The molecule has 0 radical (unpaired) electrons. The molecule has 3 heteroatoms. The highest BCUT2D eigenvalue weighted by Gasteiger charge is 2.56. The van der Waals surface area contributed by atoms with E-state index in [4.69, 9.17) is 10.00 Å². The summed E-state index contributed by atoms with van der Waals surface area (Å²) in [4.78, 5) is 0. The fraction of sp³-hybridized carbons (Fsp3) is 0.929. The molecule has 2 saturated carbocycles. The molecule has 0 aliphatic heterocycles. The molecule has 96 valence electrons. The van der Waals surface area contributed by atoms with Gasteiger partial charge in [-0.3, -0.25) is 0 Å². The molecule has 2 aliphatic rings. The minimum Gasteiger partial charge on any atom is -0.378 e. The lowest BCUT2D eigenvalue weighted by atomic mass is 9.60. The van der Waals surface area contributed by atoms with Gasteiger partial charge in [0, 0.05) is 24.6 Å². The molecule has 0 saturated heterocycles. The van der Waals surface area contributed by atoms with Gasteiger partial charge in [0.25, 0.3) is 0 Å². The van der Waals surface area contributed by atoms with Crippen molar-refractivity contribution in [3.05, 3.63) is 0 Å². The topological polar surface area (TPSA) is 45.0 Å². The molecular weight excluding hydrogens is 212 g/mol.